The van der Waals surface area contributed by atoms with Gasteiger partial charge in [0.2, 0.25) is 0 Å². The van der Waals surface area contributed by atoms with E-state index in [9.17, 15) is 14.4 Å². The molecule has 0 aliphatic heterocycles. The zero-order chi connectivity index (χ0) is 24.2. The first-order valence-electron chi connectivity index (χ1n) is 11.3. The second-order valence-corrected chi connectivity index (χ2v) is 8.23. The molecule has 8 heteroatoms. The highest BCUT2D eigenvalue weighted by atomic mass is 16.5. The second-order valence-electron chi connectivity index (χ2n) is 8.23. The minimum atomic E-state index is -0.658. The Morgan fingerprint density at radius 3 is 2.47 bits per heavy atom. The number of benzene rings is 2. The van der Waals surface area contributed by atoms with Crippen LogP contribution >= 0.6 is 0 Å². The third-order valence-corrected chi connectivity index (χ3v) is 5.73. The van der Waals surface area contributed by atoms with Gasteiger partial charge in [0.1, 0.15) is 11.3 Å². The molecular weight excluding hydrogens is 432 g/mol. The molecule has 0 aliphatic carbocycles. The molecule has 1 atom stereocenters. The maximum absolute atomic E-state index is 12.6. The average Bonchev–Trinajstić information content (AvgIpc) is 3.30. The monoisotopic (exact) mass is 460 g/mol. The maximum atomic E-state index is 12.6. The summed E-state index contributed by atoms with van der Waals surface area (Å²) in [7, 11) is 1.49. The number of aromatic amines is 1. The van der Waals surface area contributed by atoms with Crippen LogP contribution in [0.4, 0.5) is 0 Å². The van der Waals surface area contributed by atoms with Crippen molar-refractivity contribution in [2.24, 2.45) is 7.05 Å². The third kappa shape index (κ3) is 4.66. The lowest BCUT2D eigenvalue weighted by Crippen LogP contribution is -2.38. The predicted molar refractivity (Wildman–Crippen MR) is 132 cm³/mol. The molecule has 176 valence electrons. The Kier molecular flexibility index (Phi) is 6.67. The van der Waals surface area contributed by atoms with E-state index in [4.69, 9.17) is 4.74 Å². The molecule has 8 nitrogen and oxygen atoms in total. The minimum Gasteiger partial charge on any atom is -0.481 e. The number of aryl methyl sites for hydroxylation is 1. The first-order valence-corrected chi connectivity index (χ1v) is 11.3. The van der Waals surface area contributed by atoms with Gasteiger partial charge in [-0.3, -0.25) is 18.7 Å². The van der Waals surface area contributed by atoms with E-state index in [1.807, 2.05) is 55.5 Å². The van der Waals surface area contributed by atoms with Gasteiger partial charge in [-0.25, -0.2) is 4.79 Å². The lowest BCUT2D eigenvalue weighted by Gasteiger charge is -2.15. The van der Waals surface area contributed by atoms with Gasteiger partial charge in [0, 0.05) is 25.8 Å². The Labute approximate surface area is 196 Å². The molecule has 2 aromatic carbocycles. The fourth-order valence-electron chi connectivity index (χ4n) is 3.85. The van der Waals surface area contributed by atoms with Crippen molar-refractivity contribution in [1.29, 1.82) is 0 Å². The molecule has 1 unspecified atom stereocenters. The number of ether oxygens (including phenoxy) is 1. The van der Waals surface area contributed by atoms with Crippen molar-refractivity contribution >= 4 is 16.9 Å². The number of H-pyrrole nitrogens is 1. The highest BCUT2D eigenvalue weighted by Gasteiger charge is 2.16. The molecule has 1 amide bonds. The molecule has 2 heterocycles. The Morgan fingerprint density at radius 2 is 1.79 bits per heavy atom. The number of hydrogen-bond donors (Lipinski definition) is 2. The molecule has 0 fully saturated rings. The molecule has 4 rings (SSSR count). The van der Waals surface area contributed by atoms with E-state index in [2.05, 4.69) is 10.3 Å². The van der Waals surface area contributed by atoms with Crippen molar-refractivity contribution in [3.05, 3.63) is 87.1 Å². The summed E-state index contributed by atoms with van der Waals surface area (Å²) in [6.07, 6.45) is 0.116. The van der Waals surface area contributed by atoms with Crippen molar-refractivity contribution in [2.75, 3.05) is 0 Å². The molecule has 2 N–H and O–H groups in total. The summed E-state index contributed by atoms with van der Waals surface area (Å²) in [6, 6.07) is 18.8. The van der Waals surface area contributed by atoms with Crippen LogP contribution in [-0.2, 0) is 24.9 Å². The number of fused-ring (bicyclic) bond motifs is 1. The second kappa shape index (κ2) is 9.82. The fourth-order valence-corrected chi connectivity index (χ4v) is 3.85. The van der Waals surface area contributed by atoms with Gasteiger partial charge < -0.3 is 15.0 Å². The minimum absolute atomic E-state index is 0.201. The molecule has 2 aromatic heterocycles. The van der Waals surface area contributed by atoms with Crippen molar-refractivity contribution in [3.63, 3.8) is 0 Å². The van der Waals surface area contributed by atoms with Gasteiger partial charge in [-0.15, -0.1) is 0 Å². The number of amides is 1. The summed E-state index contributed by atoms with van der Waals surface area (Å²) >= 11 is 0. The van der Waals surface area contributed by atoms with Crippen LogP contribution in [0.25, 0.3) is 22.3 Å². The molecule has 0 aliphatic rings. The van der Waals surface area contributed by atoms with Crippen LogP contribution in [0.2, 0.25) is 0 Å². The molecule has 0 bridgehead atoms. The van der Waals surface area contributed by atoms with Crippen LogP contribution in [0.15, 0.2) is 70.3 Å². The van der Waals surface area contributed by atoms with Crippen LogP contribution < -0.4 is 21.3 Å². The van der Waals surface area contributed by atoms with Gasteiger partial charge in [-0.1, -0.05) is 37.3 Å². The number of carbonyl (C=O) groups excluding carboxylic acids is 1. The molecule has 0 radical (unpaired) electrons. The SMILES string of the molecule is CCCn1c(=O)n(C)c(=O)c2[nH]c(-c3ccc(OC(C)C(=O)NCc4ccccc4)cc3)cc21. The van der Waals surface area contributed by atoms with Gasteiger partial charge in [-0.05, 0) is 54.8 Å². The highest BCUT2D eigenvalue weighted by Crippen LogP contribution is 2.25. The van der Waals surface area contributed by atoms with Crippen molar-refractivity contribution in [3.8, 4) is 17.0 Å². The van der Waals surface area contributed by atoms with E-state index in [0.717, 1.165) is 27.8 Å². The van der Waals surface area contributed by atoms with Crippen molar-refractivity contribution < 1.29 is 9.53 Å². The van der Waals surface area contributed by atoms with Gasteiger partial charge in [0.25, 0.3) is 11.5 Å². The van der Waals surface area contributed by atoms with E-state index < -0.39 is 6.10 Å². The van der Waals surface area contributed by atoms with Crippen molar-refractivity contribution in [1.82, 2.24) is 19.4 Å². The van der Waals surface area contributed by atoms with Crippen LogP contribution in [0.3, 0.4) is 0 Å². The topological polar surface area (TPSA) is 98.1 Å². The number of aromatic nitrogens is 3. The lowest BCUT2D eigenvalue weighted by atomic mass is 10.1. The van der Waals surface area contributed by atoms with Gasteiger partial charge in [-0.2, -0.15) is 0 Å². The number of carbonyl (C=O) groups is 1. The molecule has 0 saturated carbocycles. The van der Waals surface area contributed by atoms with Gasteiger partial charge >= 0.3 is 5.69 Å². The van der Waals surface area contributed by atoms with Crippen molar-refractivity contribution in [2.45, 2.75) is 39.5 Å². The van der Waals surface area contributed by atoms with E-state index in [0.29, 0.717) is 29.9 Å². The van der Waals surface area contributed by atoms with Gasteiger partial charge in [0.05, 0.1) is 5.52 Å². The molecule has 4 aromatic rings. The van der Waals surface area contributed by atoms with E-state index in [1.54, 1.807) is 23.6 Å². The quantitative estimate of drug-likeness (QED) is 0.422. The largest absolute Gasteiger partial charge is 0.481 e. The first-order chi connectivity index (χ1) is 16.4. The van der Waals surface area contributed by atoms with Crippen LogP contribution in [0, 0.1) is 0 Å². The summed E-state index contributed by atoms with van der Waals surface area (Å²) in [5, 5.41) is 2.87. The highest BCUT2D eigenvalue weighted by molar-refractivity contribution is 5.83. The van der Waals surface area contributed by atoms with Crippen LogP contribution in [-0.4, -0.2) is 26.1 Å². The zero-order valence-electron chi connectivity index (χ0n) is 19.5. The summed E-state index contributed by atoms with van der Waals surface area (Å²) in [4.78, 5) is 40.7. The lowest BCUT2D eigenvalue weighted by molar-refractivity contribution is -0.127. The van der Waals surface area contributed by atoms with Crippen LogP contribution in [0.1, 0.15) is 25.8 Å². The molecular formula is C26H28N4O4. The third-order valence-electron chi connectivity index (χ3n) is 5.73. The first kappa shape index (κ1) is 23.1. The Morgan fingerprint density at radius 1 is 1.09 bits per heavy atom. The average molecular weight is 461 g/mol. The normalized spacial score (nSPS) is 12.0. The summed E-state index contributed by atoms with van der Waals surface area (Å²) in [6.45, 7) is 4.65. The Bertz CT molecular complexity index is 1420. The number of rotatable bonds is 8. The van der Waals surface area contributed by atoms with E-state index in [1.165, 1.54) is 7.05 Å². The standard InChI is InChI=1S/C26H28N4O4/c1-4-14-30-22-15-21(28-23(22)25(32)29(3)26(30)33)19-10-12-20(13-11-19)34-17(2)24(31)27-16-18-8-6-5-7-9-18/h5-13,15,17,28H,4,14,16H2,1-3H3,(H,27,31). The van der Waals surface area contributed by atoms with E-state index in [-0.39, 0.29) is 17.2 Å². The smallest absolute Gasteiger partial charge is 0.331 e. The summed E-state index contributed by atoms with van der Waals surface area (Å²) < 4.78 is 8.53. The molecule has 0 saturated heterocycles. The number of hydrogen-bond acceptors (Lipinski definition) is 4. The van der Waals surface area contributed by atoms with Gasteiger partial charge in [0.15, 0.2) is 6.10 Å². The maximum Gasteiger partial charge on any atom is 0.331 e. The number of nitrogens with zero attached hydrogens (tertiary/aromatic N) is 2. The fraction of sp³-hybridized carbons (Fsp3) is 0.269. The van der Waals surface area contributed by atoms with Crippen LogP contribution in [0.5, 0.6) is 5.75 Å². The predicted octanol–water partition coefficient (Wildman–Crippen LogP) is 3.19. The van der Waals surface area contributed by atoms with E-state index >= 15 is 0 Å². The molecule has 34 heavy (non-hydrogen) atoms. The number of nitrogens with one attached hydrogen (secondary N) is 2. The molecule has 0 spiro atoms. The Hall–Kier alpha value is -4.07. The zero-order valence-corrected chi connectivity index (χ0v) is 19.5. The summed E-state index contributed by atoms with van der Waals surface area (Å²) in [5.41, 5.74) is 2.89. The summed E-state index contributed by atoms with van der Waals surface area (Å²) in [5.74, 6) is 0.356. The Balaban J connectivity index is 1.49.